The lowest BCUT2D eigenvalue weighted by atomic mass is 10.0. The molecule has 0 bridgehead atoms. The van der Waals surface area contributed by atoms with Crippen molar-refractivity contribution in [3.05, 3.63) is 65.4 Å². The maximum absolute atomic E-state index is 12.9. The molecule has 0 saturated carbocycles. The zero-order valence-corrected chi connectivity index (χ0v) is 19.3. The number of hydrogen-bond donors (Lipinski definition) is 0. The standard InChI is InChI=1S/C24H25NO6S/c1-6-29-24(26)22-19-11-18-16(4)30-15(3)13-25(32(5,27)28)20(18)12-21(19)31-23(22)17-9-7-14(2)8-10-17/h7-12,16H,3,6,13H2,1-2,4-5H3. The number of sulfonamides is 1. The van der Waals surface area contributed by atoms with Gasteiger partial charge in [-0.2, -0.15) is 0 Å². The summed E-state index contributed by atoms with van der Waals surface area (Å²) in [5.41, 5.74) is 3.53. The largest absolute Gasteiger partial charge is 0.489 e. The highest BCUT2D eigenvalue weighted by Crippen LogP contribution is 2.42. The van der Waals surface area contributed by atoms with Gasteiger partial charge < -0.3 is 13.9 Å². The van der Waals surface area contributed by atoms with Crippen LogP contribution in [-0.2, 0) is 19.5 Å². The quantitative estimate of drug-likeness (QED) is 0.517. The van der Waals surface area contributed by atoms with Crippen molar-refractivity contribution in [3.8, 4) is 11.3 Å². The van der Waals surface area contributed by atoms with Crippen LogP contribution in [0.3, 0.4) is 0 Å². The molecular weight excluding hydrogens is 430 g/mol. The van der Waals surface area contributed by atoms with Gasteiger partial charge >= 0.3 is 5.97 Å². The van der Waals surface area contributed by atoms with E-state index in [-0.39, 0.29) is 13.2 Å². The lowest BCUT2D eigenvalue weighted by Gasteiger charge is -2.21. The Morgan fingerprint density at radius 3 is 2.56 bits per heavy atom. The number of esters is 1. The molecule has 1 aromatic heterocycles. The van der Waals surface area contributed by atoms with Crippen LogP contribution in [0.15, 0.2) is 53.2 Å². The molecule has 0 fully saturated rings. The molecule has 8 heteroatoms. The number of ether oxygens (including phenoxy) is 2. The molecular formula is C24H25NO6S. The predicted octanol–water partition coefficient (Wildman–Crippen LogP) is 4.96. The summed E-state index contributed by atoms with van der Waals surface area (Å²) in [6.07, 6.45) is 0.662. The van der Waals surface area contributed by atoms with E-state index in [1.807, 2.05) is 38.1 Å². The van der Waals surface area contributed by atoms with Gasteiger partial charge in [-0.1, -0.05) is 36.4 Å². The zero-order chi connectivity index (χ0) is 23.2. The van der Waals surface area contributed by atoms with Gasteiger partial charge in [0.25, 0.3) is 0 Å². The molecule has 0 N–H and O–H groups in total. The van der Waals surface area contributed by atoms with E-state index in [0.717, 1.165) is 17.4 Å². The van der Waals surface area contributed by atoms with Gasteiger partial charge in [-0.25, -0.2) is 13.2 Å². The minimum Gasteiger partial charge on any atom is -0.489 e. The van der Waals surface area contributed by atoms with E-state index in [9.17, 15) is 13.2 Å². The molecule has 1 aliphatic heterocycles. The van der Waals surface area contributed by atoms with Gasteiger partial charge in [0, 0.05) is 22.6 Å². The Balaban J connectivity index is 2.03. The summed E-state index contributed by atoms with van der Waals surface area (Å²) in [6, 6.07) is 11.0. The van der Waals surface area contributed by atoms with Crippen molar-refractivity contribution in [1.82, 2.24) is 0 Å². The fourth-order valence-electron chi connectivity index (χ4n) is 3.90. The summed E-state index contributed by atoms with van der Waals surface area (Å²) in [5, 5.41) is 0.536. The van der Waals surface area contributed by atoms with Crippen LogP contribution in [0.2, 0.25) is 0 Å². The van der Waals surface area contributed by atoms with Crippen LogP contribution >= 0.6 is 0 Å². The SMILES string of the molecule is C=C1CN(S(C)(=O)=O)c2cc3oc(-c4ccc(C)cc4)c(C(=O)OCC)c3cc2C(C)O1. The molecule has 1 atom stereocenters. The normalized spacial score (nSPS) is 16.4. The van der Waals surface area contributed by atoms with Crippen LogP contribution in [0.5, 0.6) is 0 Å². The predicted molar refractivity (Wildman–Crippen MR) is 123 cm³/mol. The van der Waals surface area contributed by atoms with Crippen molar-refractivity contribution in [1.29, 1.82) is 0 Å². The number of benzene rings is 2. The first-order chi connectivity index (χ1) is 15.1. The van der Waals surface area contributed by atoms with Crippen LogP contribution in [0.25, 0.3) is 22.3 Å². The van der Waals surface area contributed by atoms with Crippen molar-refractivity contribution in [2.75, 3.05) is 23.7 Å². The molecule has 7 nitrogen and oxygen atoms in total. The van der Waals surface area contributed by atoms with Gasteiger partial charge in [0.2, 0.25) is 10.0 Å². The van der Waals surface area contributed by atoms with E-state index >= 15 is 0 Å². The van der Waals surface area contributed by atoms with E-state index in [1.165, 1.54) is 4.31 Å². The second-order valence-electron chi connectivity index (χ2n) is 7.87. The number of nitrogens with zero attached hydrogens (tertiary/aromatic N) is 1. The molecule has 0 aliphatic carbocycles. The van der Waals surface area contributed by atoms with Gasteiger partial charge in [0.1, 0.15) is 28.8 Å². The summed E-state index contributed by atoms with van der Waals surface area (Å²) in [5.74, 6) is 0.206. The zero-order valence-electron chi connectivity index (χ0n) is 18.5. The monoisotopic (exact) mass is 455 g/mol. The number of fused-ring (bicyclic) bond motifs is 2. The summed E-state index contributed by atoms with van der Waals surface area (Å²) in [6.45, 7) is 9.57. The Hall–Kier alpha value is -3.26. The third-order valence-electron chi connectivity index (χ3n) is 5.40. The lowest BCUT2D eigenvalue weighted by molar-refractivity contribution is 0.0528. The molecule has 1 aliphatic rings. The van der Waals surface area contributed by atoms with Gasteiger partial charge in [-0.05, 0) is 26.8 Å². The molecule has 2 aromatic carbocycles. The number of carbonyl (C=O) groups excluding carboxylic acids is 1. The van der Waals surface area contributed by atoms with Crippen molar-refractivity contribution in [3.63, 3.8) is 0 Å². The van der Waals surface area contributed by atoms with Crippen molar-refractivity contribution in [2.24, 2.45) is 0 Å². The molecule has 2 heterocycles. The fraction of sp³-hybridized carbons (Fsp3) is 0.292. The van der Waals surface area contributed by atoms with Crippen LogP contribution in [0.1, 0.15) is 41.4 Å². The molecule has 0 saturated heterocycles. The molecule has 3 aromatic rings. The molecule has 1 unspecified atom stereocenters. The number of aryl methyl sites for hydroxylation is 1. The minimum absolute atomic E-state index is 0.00204. The Morgan fingerprint density at radius 2 is 1.94 bits per heavy atom. The van der Waals surface area contributed by atoms with Crippen molar-refractivity contribution in [2.45, 2.75) is 26.9 Å². The van der Waals surface area contributed by atoms with Crippen LogP contribution in [0, 0.1) is 6.92 Å². The highest BCUT2D eigenvalue weighted by Gasteiger charge is 2.32. The molecule has 0 radical (unpaired) electrons. The van der Waals surface area contributed by atoms with E-state index in [4.69, 9.17) is 13.9 Å². The third kappa shape index (κ3) is 3.86. The van der Waals surface area contributed by atoms with Gasteiger partial charge in [0.15, 0.2) is 0 Å². The van der Waals surface area contributed by atoms with Gasteiger partial charge in [-0.3, -0.25) is 4.31 Å². The molecule has 0 spiro atoms. The van der Waals surface area contributed by atoms with Crippen LogP contribution in [-0.4, -0.2) is 33.8 Å². The van der Waals surface area contributed by atoms with Crippen molar-refractivity contribution >= 4 is 32.6 Å². The third-order valence-corrected chi connectivity index (χ3v) is 6.53. The summed E-state index contributed by atoms with van der Waals surface area (Å²) in [7, 11) is -3.61. The van der Waals surface area contributed by atoms with E-state index in [0.29, 0.717) is 39.3 Å². The number of carbonyl (C=O) groups is 1. The van der Waals surface area contributed by atoms with E-state index < -0.39 is 22.1 Å². The van der Waals surface area contributed by atoms with Crippen LogP contribution in [0.4, 0.5) is 5.69 Å². The molecule has 32 heavy (non-hydrogen) atoms. The Labute approximate surface area is 187 Å². The van der Waals surface area contributed by atoms with Crippen molar-refractivity contribution < 1.29 is 27.1 Å². The molecule has 168 valence electrons. The highest BCUT2D eigenvalue weighted by atomic mass is 32.2. The lowest BCUT2D eigenvalue weighted by Crippen LogP contribution is -2.31. The van der Waals surface area contributed by atoms with Gasteiger partial charge in [-0.15, -0.1) is 0 Å². The first-order valence-electron chi connectivity index (χ1n) is 10.3. The average Bonchev–Trinajstić information content (AvgIpc) is 3.03. The fourth-order valence-corrected chi connectivity index (χ4v) is 4.79. The summed E-state index contributed by atoms with van der Waals surface area (Å²) in [4.78, 5) is 12.9. The first-order valence-corrected chi connectivity index (χ1v) is 12.1. The highest BCUT2D eigenvalue weighted by molar-refractivity contribution is 7.92. The Morgan fingerprint density at radius 1 is 1.25 bits per heavy atom. The minimum atomic E-state index is -3.61. The average molecular weight is 456 g/mol. The maximum Gasteiger partial charge on any atom is 0.342 e. The first kappa shape index (κ1) is 22.0. The van der Waals surface area contributed by atoms with E-state index in [1.54, 1.807) is 19.1 Å². The number of furan rings is 1. The van der Waals surface area contributed by atoms with E-state index in [2.05, 4.69) is 6.58 Å². The second-order valence-corrected chi connectivity index (χ2v) is 9.78. The molecule has 0 amide bonds. The number of anilines is 1. The van der Waals surface area contributed by atoms with Crippen LogP contribution < -0.4 is 4.31 Å². The Kier molecular flexibility index (Phi) is 5.50. The summed E-state index contributed by atoms with van der Waals surface area (Å²) >= 11 is 0. The van der Waals surface area contributed by atoms with Gasteiger partial charge in [0.05, 0.1) is 25.1 Å². The second kappa shape index (κ2) is 8.02. The topological polar surface area (TPSA) is 86.1 Å². The molecule has 4 rings (SSSR count). The Bertz CT molecular complexity index is 1320. The smallest absolute Gasteiger partial charge is 0.342 e. The summed E-state index contributed by atoms with van der Waals surface area (Å²) < 4.78 is 43.6. The maximum atomic E-state index is 12.9. The number of rotatable bonds is 4. The number of hydrogen-bond acceptors (Lipinski definition) is 6.